The van der Waals surface area contributed by atoms with Crippen LogP contribution < -0.4 is 10.9 Å². The Balaban J connectivity index is 2.69. The SMILES string of the molecule is CNCc1cc2c(=O)[nH]cc(Br)c2s1. The van der Waals surface area contributed by atoms with Gasteiger partial charge < -0.3 is 10.3 Å². The molecule has 0 bridgehead atoms. The molecule has 0 saturated heterocycles. The fourth-order valence-corrected chi connectivity index (χ4v) is 2.97. The fourth-order valence-electron chi connectivity index (χ4n) is 1.32. The first-order valence-electron chi connectivity index (χ1n) is 4.16. The van der Waals surface area contributed by atoms with E-state index in [-0.39, 0.29) is 5.56 Å². The summed E-state index contributed by atoms with van der Waals surface area (Å²) in [5.74, 6) is 0. The Hall–Kier alpha value is -0.650. The van der Waals surface area contributed by atoms with Crippen LogP contribution in [0.1, 0.15) is 4.88 Å². The van der Waals surface area contributed by atoms with E-state index in [2.05, 4.69) is 26.2 Å². The van der Waals surface area contributed by atoms with Gasteiger partial charge in [0.2, 0.25) is 0 Å². The van der Waals surface area contributed by atoms with Crippen LogP contribution in [-0.2, 0) is 6.54 Å². The van der Waals surface area contributed by atoms with Crippen molar-refractivity contribution in [1.29, 1.82) is 0 Å². The maximum atomic E-state index is 11.5. The molecule has 0 radical (unpaired) electrons. The summed E-state index contributed by atoms with van der Waals surface area (Å²) >= 11 is 5.05. The molecule has 2 aromatic rings. The lowest BCUT2D eigenvalue weighted by atomic mass is 10.3. The first kappa shape index (κ1) is 9.89. The van der Waals surface area contributed by atoms with Gasteiger partial charge in [0.1, 0.15) is 0 Å². The van der Waals surface area contributed by atoms with Gasteiger partial charge in [0.05, 0.1) is 14.6 Å². The number of aromatic nitrogens is 1. The van der Waals surface area contributed by atoms with Crippen LogP contribution in [0, 0.1) is 0 Å². The third kappa shape index (κ3) is 1.63. The van der Waals surface area contributed by atoms with E-state index in [9.17, 15) is 4.79 Å². The molecule has 2 aromatic heterocycles. The van der Waals surface area contributed by atoms with Crippen molar-refractivity contribution < 1.29 is 0 Å². The molecule has 74 valence electrons. The zero-order valence-corrected chi connectivity index (χ0v) is 9.96. The van der Waals surface area contributed by atoms with E-state index in [0.717, 1.165) is 21.1 Å². The summed E-state index contributed by atoms with van der Waals surface area (Å²) in [6.45, 7) is 0.797. The van der Waals surface area contributed by atoms with Gasteiger partial charge in [-0.15, -0.1) is 11.3 Å². The van der Waals surface area contributed by atoms with Crippen molar-refractivity contribution in [3.8, 4) is 0 Å². The van der Waals surface area contributed by atoms with Crippen molar-refractivity contribution in [1.82, 2.24) is 10.3 Å². The van der Waals surface area contributed by atoms with E-state index in [1.54, 1.807) is 17.5 Å². The molecule has 5 heteroatoms. The van der Waals surface area contributed by atoms with Crippen molar-refractivity contribution in [2.45, 2.75) is 6.54 Å². The molecule has 2 rings (SSSR count). The zero-order valence-electron chi connectivity index (χ0n) is 7.56. The summed E-state index contributed by atoms with van der Waals surface area (Å²) in [6, 6.07) is 1.93. The first-order chi connectivity index (χ1) is 6.72. The Morgan fingerprint density at radius 1 is 1.64 bits per heavy atom. The van der Waals surface area contributed by atoms with Crippen molar-refractivity contribution in [2.24, 2.45) is 0 Å². The number of thiophene rings is 1. The second-order valence-electron chi connectivity index (χ2n) is 2.95. The van der Waals surface area contributed by atoms with E-state index < -0.39 is 0 Å². The number of halogens is 1. The first-order valence-corrected chi connectivity index (χ1v) is 5.77. The molecule has 0 spiro atoms. The maximum absolute atomic E-state index is 11.5. The highest BCUT2D eigenvalue weighted by Gasteiger charge is 2.07. The maximum Gasteiger partial charge on any atom is 0.256 e. The average molecular weight is 273 g/mol. The van der Waals surface area contributed by atoms with E-state index in [0.29, 0.717) is 0 Å². The zero-order chi connectivity index (χ0) is 10.1. The molecule has 0 aliphatic heterocycles. The monoisotopic (exact) mass is 272 g/mol. The van der Waals surface area contributed by atoms with E-state index in [1.165, 1.54) is 4.88 Å². The summed E-state index contributed by atoms with van der Waals surface area (Å²) in [4.78, 5) is 15.3. The molecule has 3 nitrogen and oxygen atoms in total. The normalized spacial score (nSPS) is 11.0. The minimum absolute atomic E-state index is 0.0261. The predicted octanol–water partition coefficient (Wildman–Crippen LogP) is 2.07. The largest absolute Gasteiger partial charge is 0.327 e. The number of hydrogen-bond donors (Lipinski definition) is 2. The third-order valence-corrected chi connectivity index (χ3v) is 3.98. The lowest BCUT2D eigenvalue weighted by Gasteiger charge is -1.91. The van der Waals surface area contributed by atoms with E-state index in [1.807, 2.05) is 13.1 Å². The number of aromatic amines is 1. The molecule has 0 atom stereocenters. The number of hydrogen-bond acceptors (Lipinski definition) is 3. The molecule has 2 N–H and O–H groups in total. The van der Waals surface area contributed by atoms with Crippen LogP contribution in [0.15, 0.2) is 21.5 Å². The number of nitrogens with one attached hydrogen (secondary N) is 2. The standard InChI is InChI=1S/C9H9BrN2OS/c1-11-3-5-2-6-8(14-5)7(10)4-12-9(6)13/h2,4,11H,3H2,1H3,(H,12,13). The number of pyridine rings is 1. The van der Waals surface area contributed by atoms with Crippen LogP contribution in [0.25, 0.3) is 10.1 Å². The molecule has 0 unspecified atom stereocenters. The lowest BCUT2D eigenvalue weighted by molar-refractivity contribution is 0.832. The topological polar surface area (TPSA) is 44.9 Å². The molecule has 2 heterocycles. The van der Waals surface area contributed by atoms with Crippen LogP contribution in [0.5, 0.6) is 0 Å². The molecule has 0 fully saturated rings. The summed E-state index contributed by atoms with van der Waals surface area (Å²) in [6.07, 6.45) is 1.68. The van der Waals surface area contributed by atoms with Gasteiger partial charge in [0, 0.05) is 17.6 Å². The third-order valence-electron chi connectivity index (χ3n) is 1.93. The summed E-state index contributed by atoms with van der Waals surface area (Å²) < 4.78 is 1.96. The van der Waals surface area contributed by atoms with Gasteiger partial charge in [-0.05, 0) is 29.0 Å². The Morgan fingerprint density at radius 2 is 2.43 bits per heavy atom. The Kier molecular flexibility index (Phi) is 2.71. The summed E-state index contributed by atoms with van der Waals surface area (Å²) in [5, 5.41) is 3.83. The van der Waals surface area contributed by atoms with Crippen molar-refractivity contribution in [3.63, 3.8) is 0 Å². The average Bonchev–Trinajstić information content (AvgIpc) is 2.57. The van der Waals surface area contributed by atoms with Crippen molar-refractivity contribution in [2.75, 3.05) is 7.05 Å². The van der Waals surface area contributed by atoms with Gasteiger partial charge in [-0.25, -0.2) is 0 Å². The highest BCUT2D eigenvalue weighted by Crippen LogP contribution is 2.28. The molecular weight excluding hydrogens is 264 g/mol. The number of rotatable bonds is 2. The van der Waals surface area contributed by atoms with Crippen LogP contribution in [-0.4, -0.2) is 12.0 Å². The van der Waals surface area contributed by atoms with Crippen LogP contribution in [0.4, 0.5) is 0 Å². The van der Waals surface area contributed by atoms with E-state index in [4.69, 9.17) is 0 Å². The highest BCUT2D eigenvalue weighted by molar-refractivity contribution is 9.10. The lowest BCUT2D eigenvalue weighted by Crippen LogP contribution is -2.04. The molecule has 0 aliphatic carbocycles. The fraction of sp³-hybridized carbons (Fsp3) is 0.222. The molecule has 0 saturated carbocycles. The molecule has 14 heavy (non-hydrogen) atoms. The summed E-state index contributed by atoms with van der Waals surface area (Å²) in [7, 11) is 1.89. The second kappa shape index (κ2) is 3.84. The van der Waals surface area contributed by atoms with Gasteiger partial charge in [0.25, 0.3) is 5.56 Å². The Labute approximate surface area is 93.3 Å². The molecular formula is C9H9BrN2OS. The minimum atomic E-state index is -0.0261. The van der Waals surface area contributed by atoms with Gasteiger partial charge >= 0.3 is 0 Å². The Morgan fingerprint density at radius 3 is 3.07 bits per heavy atom. The van der Waals surface area contributed by atoms with Gasteiger partial charge in [-0.1, -0.05) is 0 Å². The molecule has 0 aliphatic rings. The van der Waals surface area contributed by atoms with Gasteiger partial charge in [-0.3, -0.25) is 4.79 Å². The minimum Gasteiger partial charge on any atom is -0.327 e. The predicted molar refractivity (Wildman–Crippen MR) is 62.9 cm³/mol. The number of fused-ring (bicyclic) bond motifs is 1. The second-order valence-corrected chi connectivity index (χ2v) is 4.94. The van der Waals surface area contributed by atoms with Crippen LogP contribution in [0.2, 0.25) is 0 Å². The van der Waals surface area contributed by atoms with E-state index >= 15 is 0 Å². The highest BCUT2D eigenvalue weighted by atomic mass is 79.9. The Bertz CT molecular complexity index is 517. The van der Waals surface area contributed by atoms with Crippen LogP contribution >= 0.6 is 27.3 Å². The molecule has 0 amide bonds. The summed E-state index contributed by atoms with van der Waals surface area (Å²) in [5.41, 5.74) is -0.0261. The van der Waals surface area contributed by atoms with Crippen molar-refractivity contribution in [3.05, 3.63) is 32.0 Å². The quantitative estimate of drug-likeness (QED) is 0.879. The van der Waals surface area contributed by atoms with Crippen molar-refractivity contribution >= 4 is 37.4 Å². The van der Waals surface area contributed by atoms with Crippen LogP contribution in [0.3, 0.4) is 0 Å². The molecule has 0 aromatic carbocycles. The number of H-pyrrole nitrogens is 1. The van der Waals surface area contributed by atoms with Gasteiger partial charge in [-0.2, -0.15) is 0 Å². The smallest absolute Gasteiger partial charge is 0.256 e. The van der Waals surface area contributed by atoms with Gasteiger partial charge in [0.15, 0.2) is 0 Å².